The minimum Gasteiger partial charge on any atom is -0.357 e. The van der Waals surface area contributed by atoms with Crippen LogP contribution in [0, 0.1) is 6.92 Å². The van der Waals surface area contributed by atoms with E-state index in [1.165, 1.54) is 11.1 Å². The van der Waals surface area contributed by atoms with Crippen LogP contribution in [-0.2, 0) is 0 Å². The minimum absolute atomic E-state index is 0.626. The summed E-state index contributed by atoms with van der Waals surface area (Å²) in [7, 11) is 3.85. The standard InChI is InChI=1S/C24H22N6/c1-15-8-10-18(30(3)24-28-21-6-4-5-7-22(21)29-24)13-19(15)16-9-11-20-17(12-16)14-26-23(25-2)27-20/h4-14H,1-3H3,(H,28,29)(H,25,26,27). The number of benzene rings is 3. The van der Waals surface area contributed by atoms with Gasteiger partial charge in [-0.1, -0.05) is 24.3 Å². The van der Waals surface area contributed by atoms with Gasteiger partial charge in [0, 0.05) is 31.4 Å². The van der Waals surface area contributed by atoms with E-state index < -0.39 is 0 Å². The van der Waals surface area contributed by atoms with Crippen LogP contribution < -0.4 is 10.2 Å². The van der Waals surface area contributed by atoms with Crippen molar-refractivity contribution in [1.29, 1.82) is 0 Å². The number of aromatic nitrogens is 4. The molecule has 0 aliphatic heterocycles. The highest BCUT2D eigenvalue weighted by Crippen LogP contribution is 2.32. The van der Waals surface area contributed by atoms with E-state index in [4.69, 9.17) is 4.98 Å². The van der Waals surface area contributed by atoms with Crippen LogP contribution in [0.3, 0.4) is 0 Å². The van der Waals surface area contributed by atoms with Crippen molar-refractivity contribution < 1.29 is 0 Å². The van der Waals surface area contributed by atoms with Crippen LogP contribution in [0.5, 0.6) is 0 Å². The Balaban J connectivity index is 1.55. The monoisotopic (exact) mass is 394 g/mol. The summed E-state index contributed by atoms with van der Waals surface area (Å²) in [4.78, 5) is 19.0. The Morgan fingerprint density at radius 2 is 1.80 bits per heavy atom. The van der Waals surface area contributed by atoms with E-state index in [1.54, 1.807) is 0 Å². The highest BCUT2D eigenvalue weighted by molar-refractivity contribution is 5.86. The Morgan fingerprint density at radius 1 is 0.933 bits per heavy atom. The van der Waals surface area contributed by atoms with E-state index in [2.05, 4.69) is 62.4 Å². The molecule has 2 aromatic heterocycles. The number of para-hydroxylation sites is 2. The molecular weight excluding hydrogens is 372 g/mol. The summed E-state index contributed by atoms with van der Waals surface area (Å²) in [5.41, 5.74) is 7.51. The van der Waals surface area contributed by atoms with Gasteiger partial charge in [0.1, 0.15) is 0 Å². The molecule has 0 saturated heterocycles. The van der Waals surface area contributed by atoms with Gasteiger partial charge in [-0.05, 0) is 60.0 Å². The van der Waals surface area contributed by atoms with E-state index in [0.717, 1.165) is 39.1 Å². The predicted octanol–water partition coefficient (Wildman–Crippen LogP) is 5.29. The number of rotatable bonds is 4. The number of hydrogen-bond acceptors (Lipinski definition) is 5. The van der Waals surface area contributed by atoms with Crippen LogP contribution in [-0.4, -0.2) is 34.0 Å². The molecule has 0 aliphatic rings. The number of nitrogens with zero attached hydrogens (tertiary/aromatic N) is 4. The number of H-pyrrole nitrogens is 1. The van der Waals surface area contributed by atoms with Crippen LogP contribution in [0.2, 0.25) is 0 Å². The van der Waals surface area contributed by atoms with Crippen molar-refractivity contribution in [3.63, 3.8) is 0 Å². The topological polar surface area (TPSA) is 69.7 Å². The largest absolute Gasteiger partial charge is 0.357 e. The second-order valence-corrected chi connectivity index (χ2v) is 7.35. The average Bonchev–Trinajstić information content (AvgIpc) is 3.22. The molecule has 30 heavy (non-hydrogen) atoms. The molecule has 0 atom stereocenters. The fraction of sp³-hybridized carbons (Fsp3) is 0.125. The Labute approximate surface area is 174 Å². The van der Waals surface area contributed by atoms with Gasteiger partial charge in [0.25, 0.3) is 0 Å². The number of anilines is 3. The highest BCUT2D eigenvalue weighted by Gasteiger charge is 2.12. The zero-order valence-corrected chi connectivity index (χ0v) is 17.1. The molecule has 0 saturated carbocycles. The summed E-state index contributed by atoms with van der Waals surface area (Å²) < 4.78 is 0. The van der Waals surface area contributed by atoms with Gasteiger partial charge in [0.2, 0.25) is 11.9 Å². The summed E-state index contributed by atoms with van der Waals surface area (Å²) >= 11 is 0. The van der Waals surface area contributed by atoms with Crippen LogP contribution in [0.1, 0.15) is 5.56 Å². The Kier molecular flexibility index (Phi) is 4.32. The molecule has 6 nitrogen and oxygen atoms in total. The van der Waals surface area contributed by atoms with Gasteiger partial charge >= 0.3 is 0 Å². The third-order valence-electron chi connectivity index (χ3n) is 5.42. The van der Waals surface area contributed by atoms with Gasteiger partial charge in [0.15, 0.2) is 0 Å². The zero-order chi connectivity index (χ0) is 20.7. The average molecular weight is 394 g/mol. The quantitative estimate of drug-likeness (QED) is 0.433. The zero-order valence-electron chi connectivity index (χ0n) is 17.1. The Hall–Kier alpha value is -3.93. The van der Waals surface area contributed by atoms with Gasteiger partial charge in [-0.3, -0.25) is 0 Å². The third kappa shape index (κ3) is 3.12. The van der Waals surface area contributed by atoms with Crippen LogP contribution in [0.25, 0.3) is 33.1 Å². The highest BCUT2D eigenvalue weighted by atomic mass is 15.2. The molecule has 5 rings (SSSR count). The predicted molar refractivity (Wildman–Crippen MR) is 123 cm³/mol. The lowest BCUT2D eigenvalue weighted by Gasteiger charge is -2.18. The maximum Gasteiger partial charge on any atom is 0.222 e. The molecule has 0 unspecified atom stereocenters. The Morgan fingerprint density at radius 3 is 2.63 bits per heavy atom. The molecule has 6 heteroatoms. The van der Waals surface area contributed by atoms with E-state index in [1.807, 2.05) is 50.6 Å². The summed E-state index contributed by atoms with van der Waals surface area (Å²) in [6.07, 6.45) is 1.86. The van der Waals surface area contributed by atoms with Crippen LogP contribution in [0.4, 0.5) is 17.6 Å². The van der Waals surface area contributed by atoms with Gasteiger partial charge < -0.3 is 15.2 Å². The summed E-state index contributed by atoms with van der Waals surface area (Å²) in [5.74, 6) is 1.44. The number of nitrogens with one attached hydrogen (secondary N) is 2. The molecular formula is C24H22N6. The number of aryl methyl sites for hydroxylation is 1. The fourth-order valence-electron chi connectivity index (χ4n) is 3.67. The first-order chi connectivity index (χ1) is 14.6. The van der Waals surface area contributed by atoms with Crippen molar-refractivity contribution in [2.45, 2.75) is 6.92 Å². The number of fused-ring (bicyclic) bond motifs is 2. The van der Waals surface area contributed by atoms with E-state index in [9.17, 15) is 0 Å². The minimum atomic E-state index is 0.626. The maximum atomic E-state index is 4.72. The molecule has 3 aromatic carbocycles. The molecule has 5 aromatic rings. The van der Waals surface area contributed by atoms with Crippen molar-refractivity contribution in [3.05, 3.63) is 72.4 Å². The van der Waals surface area contributed by atoms with E-state index >= 15 is 0 Å². The number of imidazole rings is 1. The van der Waals surface area contributed by atoms with E-state index in [-0.39, 0.29) is 0 Å². The van der Waals surface area contributed by atoms with Gasteiger partial charge in [-0.25, -0.2) is 15.0 Å². The summed E-state index contributed by atoms with van der Waals surface area (Å²) in [5, 5.41) is 4.00. The molecule has 2 heterocycles. The lowest BCUT2D eigenvalue weighted by atomic mass is 9.98. The second kappa shape index (κ2) is 7.15. The molecule has 148 valence electrons. The van der Waals surface area contributed by atoms with Crippen molar-refractivity contribution in [2.75, 3.05) is 24.3 Å². The Bertz CT molecular complexity index is 1340. The molecule has 0 radical (unpaired) electrons. The molecule has 0 spiro atoms. The smallest absolute Gasteiger partial charge is 0.222 e. The maximum absolute atomic E-state index is 4.72. The first-order valence-corrected chi connectivity index (χ1v) is 9.86. The third-order valence-corrected chi connectivity index (χ3v) is 5.42. The first kappa shape index (κ1) is 18.1. The van der Waals surface area contributed by atoms with Gasteiger partial charge in [0.05, 0.1) is 16.6 Å². The first-order valence-electron chi connectivity index (χ1n) is 9.86. The van der Waals surface area contributed by atoms with E-state index in [0.29, 0.717) is 5.95 Å². The molecule has 0 amide bonds. The number of aromatic amines is 1. The van der Waals surface area contributed by atoms with Gasteiger partial charge in [-0.2, -0.15) is 0 Å². The number of hydrogen-bond donors (Lipinski definition) is 2. The van der Waals surface area contributed by atoms with Crippen molar-refractivity contribution in [2.24, 2.45) is 0 Å². The van der Waals surface area contributed by atoms with Crippen LogP contribution in [0.15, 0.2) is 66.9 Å². The van der Waals surface area contributed by atoms with Crippen LogP contribution >= 0.6 is 0 Å². The lowest BCUT2D eigenvalue weighted by Crippen LogP contribution is -2.11. The SMILES string of the molecule is CNc1ncc2cc(-c3cc(N(C)c4nc5ccccc5[nH]4)ccc3C)ccc2n1. The van der Waals surface area contributed by atoms with Crippen molar-refractivity contribution in [3.8, 4) is 11.1 Å². The molecule has 0 bridgehead atoms. The van der Waals surface area contributed by atoms with Gasteiger partial charge in [-0.15, -0.1) is 0 Å². The molecule has 0 aliphatic carbocycles. The normalized spacial score (nSPS) is 11.2. The molecule has 0 fully saturated rings. The van der Waals surface area contributed by atoms with Crippen molar-refractivity contribution in [1.82, 2.24) is 19.9 Å². The summed E-state index contributed by atoms with van der Waals surface area (Å²) in [6.45, 7) is 2.13. The lowest BCUT2D eigenvalue weighted by molar-refractivity contribution is 1.10. The second-order valence-electron chi connectivity index (χ2n) is 7.35. The molecule has 2 N–H and O–H groups in total. The van der Waals surface area contributed by atoms with Crippen molar-refractivity contribution >= 4 is 39.5 Å². The fourth-order valence-corrected chi connectivity index (χ4v) is 3.67. The summed E-state index contributed by atoms with van der Waals surface area (Å²) in [6, 6.07) is 20.8.